The maximum absolute atomic E-state index is 13.6. The highest BCUT2D eigenvalue weighted by atomic mass is 79.9. The van der Waals surface area contributed by atoms with Crippen LogP contribution in [0.25, 0.3) is 10.9 Å². The largest absolute Gasteiger partial charge is 0.495 e. The average Bonchev–Trinajstić information content (AvgIpc) is 2.59. The standard InChI is InChI=1S/C17H15BrFN3O3S/c1-25-16-8-15-11(7-12(16)18)14(4-5-21-15)22-9-10-2-3-13(19)17(6-10)26(20,23)24/h2-8H,9H2,1H3,(H,21,22)(H2,20,23,24). The van der Waals surface area contributed by atoms with Gasteiger partial charge < -0.3 is 10.1 Å². The van der Waals surface area contributed by atoms with E-state index in [1.165, 1.54) is 12.1 Å². The number of sulfonamides is 1. The molecule has 2 aromatic carbocycles. The number of primary sulfonamides is 1. The van der Waals surface area contributed by atoms with Crippen molar-refractivity contribution >= 4 is 42.5 Å². The Balaban J connectivity index is 1.92. The summed E-state index contributed by atoms with van der Waals surface area (Å²) in [6, 6.07) is 9.29. The van der Waals surface area contributed by atoms with Crippen LogP contribution in [0.2, 0.25) is 0 Å². The first-order chi connectivity index (χ1) is 12.3. The number of nitrogens with one attached hydrogen (secondary N) is 1. The minimum absolute atomic E-state index is 0.283. The van der Waals surface area contributed by atoms with Crippen LogP contribution in [-0.2, 0) is 16.6 Å². The third kappa shape index (κ3) is 3.79. The summed E-state index contributed by atoms with van der Waals surface area (Å²) in [4.78, 5) is 3.79. The zero-order chi connectivity index (χ0) is 18.9. The molecule has 9 heteroatoms. The van der Waals surface area contributed by atoms with Crippen LogP contribution in [-0.4, -0.2) is 20.5 Å². The van der Waals surface area contributed by atoms with E-state index in [2.05, 4.69) is 26.2 Å². The molecule has 0 atom stereocenters. The van der Waals surface area contributed by atoms with Gasteiger partial charge in [-0.2, -0.15) is 0 Å². The van der Waals surface area contributed by atoms with Crippen molar-refractivity contribution in [1.82, 2.24) is 4.98 Å². The number of rotatable bonds is 5. The van der Waals surface area contributed by atoms with Gasteiger partial charge in [0.2, 0.25) is 10.0 Å². The van der Waals surface area contributed by atoms with Crippen LogP contribution in [0.3, 0.4) is 0 Å². The SMILES string of the molecule is COc1cc2nccc(NCc3ccc(F)c(S(N)(=O)=O)c3)c2cc1Br. The van der Waals surface area contributed by atoms with E-state index in [4.69, 9.17) is 9.88 Å². The highest BCUT2D eigenvalue weighted by Crippen LogP contribution is 2.32. The second-order valence-corrected chi connectivity index (χ2v) is 7.91. The quantitative estimate of drug-likeness (QED) is 0.634. The van der Waals surface area contributed by atoms with Gasteiger partial charge in [-0.1, -0.05) is 6.07 Å². The molecule has 0 aliphatic heterocycles. The van der Waals surface area contributed by atoms with Crippen molar-refractivity contribution in [2.75, 3.05) is 12.4 Å². The minimum atomic E-state index is -4.12. The lowest BCUT2D eigenvalue weighted by Gasteiger charge is -2.12. The van der Waals surface area contributed by atoms with E-state index in [1.807, 2.05) is 12.1 Å². The lowest BCUT2D eigenvalue weighted by molar-refractivity contribution is 0.412. The molecule has 0 fully saturated rings. The Morgan fingerprint density at radius 2 is 2.04 bits per heavy atom. The zero-order valence-corrected chi connectivity index (χ0v) is 16.1. The minimum Gasteiger partial charge on any atom is -0.495 e. The van der Waals surface area contributed by atoms with Gasteiger partial charge >= 0.3 is 0 Å². The highest BCUT2D eigenvalue weighted by molar-refractivity contribution is 9.10. The summed E-state index contributed by atoms with van der Waals surface area (Å²) >= 11 is 3.44. The van der Waals surface area contributed by atoms with Crippen LogP contribution in [0, 0.1) is 5.82 Å². The van der Waals surface area contributed by atoms with E-state index in [1.54, 1.807) is 19.4 Å². The Morgan fingerprint density at radius 1 is 1.27 bits per heavy atom. The topological polar surface area (TPSA) is 94.3 Å². The molecule has 0 bridgehead atoms. The van der Waals surface area contributed by atoms with Crippen LogP contribution < -0.4 is 15.2 Å². The Morgan fingerprint density at radius 3 is 2.73 bits per heavy atom. The van der Waals surface area contributed by atoms with E-state index in [0.717, 1.165) is 27.1 Å². The van der Waals surface area contributed by atoms with E-state index >= 15 is 0 Å². The second-order valence-electron chi connectivity index (χ2n) is 5.53. The summed E-state index contributed by atoms with van der Waals surface area (Å²) in [6.45, 7) is 0.283. The summed E-state index contributed by atoms with van der Waals surface area (Å²) < 4.78 is 42.6. The summed E-state index contributed by atoms with van der Waals surface area (Å²) in [6.07, 6.45) is 1.65. The van der Waals surface area contributed by atoms with Gasteiger partial charge in [0.1, 0.15) is 16.5 Å². The van der Waals surface area contributed by atoms with Gasteiger partial charge in [0.05, 0.1) is 17.1 Å². The Hall–Kier alpha value is -2.23. The summed E-state index contributed by atoms with van der Waals surface area (Å²) in [5.74, 6) is -0.208. The summed E-state index contributed by atoms with van der Waals surface area (Å²) in [5.41, 5.74) is 2.10. The molecule has 0 spiro atoms. The number of nitrogens with two attached hydrogens (primary N) is 1. The van der Waals surface area contributed by atoms with Crippen LogP contribution in [0.1, 0.15) is 5.56 Å². The molecule has 0 saturated heterocycles. The fourth-order valence-electron chi connectivity index (χ4n) is 2.53. The maximum atomic E-state index is 13.6. The van der Waals surface area contributed by atoms with Gasteiger partial charge in [0, 0.05) is 29.9 Å². The molecular weight excluding hydrogens is 425 g/mol. The first kappa shape index (κ1) is 18.6. The first-order valence-electron chi connectivity index (χ1n) is 7.47. The molecule has 3 N–H and O–H groups in total. The molecule has 1 aromatic heterocycles. The van der Waals surface area contributed by atoms with Crippen molar-refractivity contribution in [2.45, 2.75) is 11.4 Å². The smallest absolute Gasteiger partial charge is 0.240 e. The number of benzene rings is 2. The lowest BCUT2D eigenvalue weighted by atomic mass is 10.1. The highest BCUT2D eigenvalue weighted by Gasteiger charge is 2.15. The summed E-state index contributed by atoms with van der Waals surface area (Å²) in [5, 5.41) is 9.10. The van der Waals surface area contributed by atoms with Gasteiger partial charge in [-0.05, 0) is 45.8 Å². The Labute approximate surface area is 158 Å². The van der Waals surface area contributed by atoms with E-state index in [9.17, 15) is 12.8 Å². The normalized spacial score (nSPS) is 11.5. The molecule has 3 rings (SSSR count). The van der Waals surface area contributed by atoms with Gasteiger partial charge in [0.25, 0.3) is 0 Å². The number of ether oxygens (including phenoxy) is 1. The molecule has 6 nitrogen and oxygen atoms in total. The average molecular weight is 440 g/mol. The molecule has 26 heavy (non-hydrogen) atoms. The molecule has 0 aliphatic rings. The number of anilines is 1. The molecule has 0 amide bonds. The number of halogens is 2. The predicted octanol–water partition coefficient (Wildman–Crippen LogP) is 3.40. The fourth-order valence-corrected chi connectivity index (χ4v) is 3.69. The first-order valence-corrected chi connectivity index (χ1v) is 9.81. The van der Waals surface area contributed by atoms with Gasteiger partial charge in [0.15, 0.2) is 0 Å². The maximum Gasteiger partial charge on any atom is 0.240 e. The second kappa shape index (κ2) is 7.18. The number of hydrogen-bond donors (Lipinski definition) is 2. The number of pyridine rings is 1. The van der Waals surface area contributed by atoms with E-state index in [-0.39, 0.29) is 6.54 Å². The number of hydrogen-bond acceptors (Lipinski definition) is 5. The third-order valence-corrected chi connectivity index (χ3v) is 5.35. The van der Waals surface area contributed by atoms with Crippen molar-refractivity contribution in [2.24, 2.45) is 5.14 Å². The Kier molecular flexibility index (Phi) is 5.12. The van der Waals surface area contributed by atoms with E-state index < -0.39 is 20.7 Å². The number of fused-ring (bicyclic) bond motifs is 1. The van der Waals surface area contributed by atoms with Crippen LogP contribution >= 0.6 is 15.9 Å². The monoisotopic (exact) mass is 439 g/mol. The van der Waals surface area contributed by atoms with Gasteiger partial charge in [-0.3, -0.25) is 4.98 Å². The molecular formula is C17H15BrFN3O3S. The lowest BCUT2D eigenvalue weighted by Crippen LogP contribution is -2.14. The van der Waals surface area contributed by atoms with Gasteiger partial charge in [-0.25, -0.2) is 17.9 Å². The van der Waals surface area contributed by atoms with Crippen LogP contribution in [0.15, 0.2) is 52.0 Å². The van der Waals surface area contributed by atoms with Crippen molar-refractivity contribution in [3.05, 3.63) is 58.4 Å². The number of methoxy groups -OCH3 is 1. The number of aromatic nitrogens is 1. The molecule has 1 heterocycles. The van der Waals surface area contributed by atoms with Gasteiger partial charge in [-0.15, -0.1) is 0 Å². The predicted molar refractivity (Wildman–Crippen MR) is 101 cm³/mol. The molecule has 0 aliphatic carbocycles. The molecule has 136 valence electrons. The van der Waals surface area contributed by atoms with Crippen LogP contribution in [0.5, 0.6) is 5.75 Å². The van der Waals surface area contributed by atoms with Crippen molar-refractivity contribution in [1.29, 1.82) is 0 Å². The molecule has 3 aromatic rings. The van der Waals surface area contributed by atoms with E-state index in [0.29, 0.717) is 11.3 Å². The molecule has 0 unspecified atom stereocenters. The third-order valence-electron chi connectivity index (χ3n) is 3.80. The Bertz CT molecular complexity index is 1090. The summed E-state index contributed by atoms with van der Waals surface area (Å²) in [7, 11) is -2.54. The molecule has 0 saturated carbocycles. The van der Waals surface area contributed by atoms with Crippen LogP contribution in [0.4, 0.5) is 10.1 Å². The van der Waals surface area contributed by atoms with Crippen molar-refractivity contribution in [3.63, 3.8) is 0 Å². The fraction of sp³-hybridized carbons (Fsp3) is 0.118. The van der Waals surface area contributed by atoms with Crippen molar-refractivity contribution < 1.29 is 17.5 Å². The van der Waals surface area contributed by atoms with Crippen molar-refractivity contribution in [3.8, 4) is 5.75 Å². The number of nitrogens with zero attached hydrogens (tertiary/aromatic N) is 1. The zero-order valence-electron chi connectivity index (χ0n) is 13.7. The molecule has 0 radical (unpaired) electrons.